The van der Waals surface area contributed by atoms with Crippen LogP contribution in [0.5, 0.6) is 0 Å². The molecule has 0 radical (unpaired) electrons. The van der Waals surface area contributed by atoms with E-state index < -0.39 is 0 Å². The van der Waals surface area contributed by atoms with Crippen molar-refractivity contribution in [1.29, 1.82) is 0 Å². The molecular formula is C17H21NO2. The smallest absolute Gasteiger partial charge is 0.255 e. The Bertz CT molecular complexity index is 554. The second-order valence-electron chi connectivity index (χ2n) is 5.21. The minimum atomic E-state index is -0.192. The molecule has 3 heteroatoms. The number of carbonyl (C=O) groups excluding carboxylic acids is 1. The molecule has 1 N–H and O–H groups in total. The van der Waals surface area contributed by atoms with Crippen molar-refractivity contribution in [3.8, 4) is 11.8 Å². The third-order valence-electron chi connectivity index (χ3n) is 3.82. The summed E-state index contributed by atoms with van der Waals surface area (Å²) in [7, 11) is 0. The fourth-order valence-corrected chi connectivity index (χ4v) is 2.76. The van der Waals surface area contributed by atoms with Crippen LogP contribution in [-0.4, -0.2) is 35.1 Å². The summed E-state index contributed by atoms with van der Waals surface area (Å²) in [5.41, 5.74) is 2.41. The summed E-state index contributed by atoms with van der Waals surface area (Å²) >= 11 is 0. The van der Waals surface area contributed by atoms with Crippen LogP contribution >= 0.6 is 0 Å². The fourth-order valence-electron chi connectivity index (χ4n) is 2.76. The normalized spacial score (nSPS) is 17.8. The Morgan fingerprint density at radius 3 is 3.00 bits per heavy atom. The van der Waals surface area contributed by atoms with Gasteiger partial charge in [-0.05, 0) is 38.3 Å². The second-order valence-corrected chi connectivity index (χ2v) is 5.21. The van der Waals surface area contributed by atoms with Gasteiger partial charge in [-0.25, -0.2) is 0 Å². The SMILES string of the molecule is CCC1CCCN1C(=O)c1cc(C)ccc1C#CCO. The van der Waals surface area contributed by atoms with Gasteiger partial charge in [0.15, 0.2) is 0 Å². The predicted octanol–water partition coefficient (Wildman–Crippen LogP) is 2.35. The topological polar surface area (TPSA) is 40.5 Å². The molecule has 1 unspecified atom stereocenters. The first-order valence-corrected chi connectivity index (χ1v) is 7.18. The van der Waals surface area contributed by atoms with Crippen LogP contribution in [0.2, 0.25) is 0 Å². The van der Waals surface area contributed by atoms with Crippen molar-refractivity contribution >= 4 is 5.91 Å². The standard InChI is InChI=1S/C17H21NO2/c1-3-15-7-4-10-18(15)17(20)16-12-13(2)8-9-14(16)6-5-11-19/h8-9,12,15,19H,3-4,7,10-11H2,1-2H3. The second kappa shape index (κ2) is 6.58. The molecule has 1 atom stereocenters. The molecule has 1 aliphatic rings. The number of benzene rings is 1. The lowest BCUT2D eigenvalue weighted by atomic mass is 10.0. The van der Waals surface area contributed by atoms with Crippen LogP contribution in [0, 0.1) is 18.8 Å². The minimum Gasteiger partial charge on any atom is -0.384 e. The summed E-state index contributed by atoms with van der Waals surface area (Å²) < 4.78 is 0. The van der Waals surface area contributed by atoms with E-state index >= 15 is 0 Å². The zero-order chi connectivity index (χ0) is 14.5. The minimum absolute atomic E-state index is 0.0697. The highest BCUT2D eigenvalue weighted by molar-refractivity contribution is 5.97. The van der Waals surface area contributed by atoms with E-state index in [9.17, 15) is 4.79 Å². The third-order valence-corrected chi connectivity index (χ3v) is 3.82. The largest absolute Gasteiger partial charge is 0.384 e. The summed E-state index contributed by atoms with van der Waals surface area (Å²) in [5, 5.41) is 8.83. The Labute approximate surface area is 120 Å². The molecule has 1 amide bonds. The van der Waals surface area contributed by atoms with E-state index in [0.29, 0.717) is 17.2 Å². The average Bonchev–Trinajstić information content (AvgIpc) is 2.93. The highest BCUT2D eigenvalue weighted by Gasteiger charge is 2.29. The molecule has 0 aliphatic carbocycles. The molecule has 1 aromatic rings. The average molecular weight is 271 g/mol. The van der Waals surface area contributed by atoms with Crippen molar-refractivity contribution in [2.24, 2.45) is 0 Å². The van der Waals surface area contributed by atoms with Crippen LogP contribution in [0.4, 0.5) is 0 Å². The van der Waals surface area contributed by atoms with E-state index in [4.69, 9.17) is 5.11 Å². The van der Waals surface area contributed by atoms with Gasteiger partial charge in [0.1, 0.15) is 6.61 Å². The number of aryl methyl sites for hydroxylation is 1. The Balaban J connectivity index is 2.35. The number of likely N-dealkylation sites (tertiary alicyclic amines) is 1. The van der Waals surface area contributed by atoms with Crippen LogP contribution in [0.1, 0.15) is 47.7 Å². The predicted molar refractivity (Wildman–Crippen MR) is 79.5 cm³/mol. The lowest BCUT2D eigenvalue weighted by Crippen LogP contribution is -2.35. The van der Waals surface area contributed by atoms with E-state index in [1.54, 1.807) is 0 Å². The quantitative estimate of drug-likeness (QED) is 0.839. The first-order valence-electron chi connectivity index (χ1n) is 7.18. The maximum Gasteiger partial charge on any atom is 0.255 e. The zero-order valence-electron chi connectivity index (χ0n) is 12.1. The third kappa shape index (κ3) is 3.02. The van der Waals surface area contributed by atoms with Gasteiger partial charge < -0.3 is 10.0 Å². The van der Waals surface area contributed by atoms with Crippen LogP contribution in [0.25, 0.3) is 0 Å². The molecule has 1 fully saturated rings. The number of aliphatic hydroxyl groups is 1. The van der Waals surface area contributed by atoms with Gasteiger partial charge in [-0.2, -0.15) is 0 Å². The van der Waals surface area contributed by atoms with Gasteiger partial charge in [0.05, 0.1) is 5.56 Å². The molecule has 0 bridgehead atoms. The highest BCUT2D eigenvalue weighted by Crippen LogP contribution is 2.24. The molecule has 106 valence electrons. The van der Waals surface area contributed by atoms with E-state index in [0.717, 1.165) is 31.4 Å². The molecule has 2 rings (SSSR count). The fraction of sp³-hybridized carbons (Fsp3) is 0.471. The Morgan fingerprint density at radius 1 is 1.50 bits per heavy atom. The van der Waals surface area contributed by atoms with Crippen molar-refractivity contribution in [3.05, 3.63) is 34.9 Å². The maximum atomic E-state index is 12.7. The number of hydrogen-bond acceptors (Lipinski definition) is 2. The zero-order valence-corrected chi connectivity index (χ0v) is 12.1. The summed E-state index contributed by atoms with van der Waals surface area (Å²) in [6.07, 6.45) is 3.16. The summed E-state index contributed by atoms with van der Waals surface area (Å²) in [6, 6.07) is 6.05. The molecule has 0 aromatic heterocycles. The van der Waals surface area contributed by atoms with Gasteiger partial charge >= 0.3 is 0 Å². The van der Waals surface area contributed by atoms with E-state index in [-0.39, 0.29) is 12.5 Å². The number of nitrogens with zero attached hydrogens (tertiary/aromatic N) is 1. The summed E-state index contributed by atoms with van der Waals surface area (Å²) in [4.78, 5) is 14.7. The van der Waals surface area contributed by atoms with Crippen molar-refractivity contribution in [1.82, 2.24) is 4.90 Å². The number of carbonyl (C=O) groups is 1. The Hall–Kier alpha value is -1.79. The lowest BCUT2D eigenvalue weighted by Gasteiger charge is -2.24. The Morgan fingerprint density at radius 2 is 2.30 bits per heavy atom. The first-order chi connectivity index (χ1) is 9.67. The van der Waals surface area contributed by atoms with E-state index in [1.165, 1.54) is 0 Å². The number of amides is 1. The molecule has 0 spiro atoms. The van der Waals surface area contributed by atoms with E-state index in [1.807, 2.05) is 30.0 Å². The van der Waals surface area contributed by atoms with Crippen molar-refractivity contribution in [2.75, 3.05) is 13.2 Å². The van der Waals surface area contributed by atoms with Crippen LogP contribution in [0.15, 0.2) is 18.2 Å². The van der Waals surface area contributed by atoms with Crippen molar-refractivity contribution in [3.63, 3.8) is 0 Å². The van der Waals surface area contributed by atoms with Crippen molar-refractivity contribution < 1.29 is 9.90 Å². The van der Waals surface area contributed by atoms with Crippen LogP contribution < -0.4 is 0 Å². The number of hydrogen-bond donors (Lipinski definition) is 1. The van der Waals surface area contributed by atoms with Gasteiger partial charge in [-0.3, -0.25) is 4.79 Å². The maximum absolute atomic E-state index is 12.7. The summed E-state index contributed by atoms with van der Waals surface area (Å²) in [5.74, 6) is 5.58. The number of rotatable bonds is 2. The highest BCUT2D eigenvalue weighted by atomic mass is 16.2. The van der Waals surface area contributed by atoms with Crippen LogP contribution in [0.3, 0.4) is 0 Å². The molecule has 3 nitrogen and oxygen atoms in total. The first kappa shape index (κ1) is 14.6. The van der Waals surface area contributed by atoms with E-state index in [2.05, 4.69) is 18.8 Å². The van der Waals surface area contributed by atoms with Gasteiger partial charge in [0.25, 0.3) is 5.91 Å². The summed E-state index contributed by atoms with van der Waals surface area (Å²) in [6.45, 7) is 4.74. The molecular weight excluding hydrogens is 250 g/mol. The van der Waals surface area contributed by atoms with Gasteiger partial charge in [-0.15, -0.1) is 0 Å². The van der Waals surface area contributed by atoms with Gasteiger partial charge in [-0.1, -0.05) is 30.4 Å². The van der Waals surface area contributed by atoms with Gasteiger partial charge in [0, 0.05) is 18.2 Å². The molecule has 1 heterocycles. The Kier molecular flexibility index (Phi) is 4.81. The number of aliphatic hydroxyl groups excluding tert-OH is 1. The van der Waals surface area contributed by atoms with Crippen LogP contribution in [-0.2, 0) is 0 Å². The van der Waals surface area contributed by atoms with Gasteiger partial charge in [0.2, 0.25) is 0 Å². The molecule has 0 saturated carbocycles. The van der Waals surface area contributed by atoms with Crippen molar-refractivity contribution in [2.45, 2.75) is 39.2 Å². The lowest BCUT2D eigenvalue weighted by molar-refractivity contribution is 0.0733. The molecule has 1 aliphatic heterocycles. The monoisotopic (exact) mass is 271 g/mol. The molecule has 20 heavy (non-hydrogen) atoms. The molecule has 1 aromatic carbocycles. The molecule has 1 saturated heterocycles.